The van der Waals surface area contributed by atoms with Gasteiger partial charge in [0.2, 0.25) is 0 Å². The van der Waals surface area contributed by atoms with Crippen molar-refractivity contribution < 1.29 is 27.1 Å². The summed E-state index contributed by atoms with van der Waals surface area (Å²) in [5.41, 5.74) is 0.498. The number of hydrogen-bond acceptors (Lipinski definition) is 6. The number of carbonyl (C=O) groups excluding carboxylic acids is 2. The Morgan fingerprint density at radius 1 is 1.23 bits per heavy atom. The number of amides is 1. The van der Waals surface area contributed by atoms with E-state index in [2.05, 4.69) is 9.71 Å². The number of fused-ring (bicyclic) bond motifs is 1. The Kier molecular flexibility index (Phi) is 6.61. The van der Waals surface area contributed by atoms with Crippen LogP contribution < -0.4 is 4.72 Å². The number of benzene rings is 2. The molecule has 164 valence electrons. The zero-order valence-electron chi connectivity index (χ0n) is 16.6. The van der Waals surface area contributed by atoms with Crippen LogP contribution in [0.3, 0.4) is 0 Å². The van der Waals surface area contributed by atoms with Gasteiger partial charge in [0.05, 0.1) is 4.90 Å². The van der Waals surface area contributed by atoms with Crippen molar-refractivity contribution >= 4 is 39.3 Å². The Morgan fingerprint density at radius 2 is 1.94 bits per heavy atom. The van der Waals surface area contributed by atoms with Gasteiger partial charge in [-0.05, 0) is 31.2 Å². The fourth-order valence-electron chi connectivity index (χ4n) is 2.85. The van der Waals surface area contributed by atoms with Gasteiger partial charge in [-0.15, -0.1) is 0 Å². The van der Waals surface area contributed by atoms with Crippen molar-refractivity contribution in [3.05, 3.63) is 64.4 Å². The minimum absolute atomic E-state index is 0.0256. The number of carbonyl (C=O) groups is 2. The smallest absolute Gasteiger partial charge is 0.331 e. The Balaban J connectivity index is 1.61. The van der Waals surface area contributed by atoms with Crippen molar-refractivity contribution in [3.8, 4) is 0 Å². The lowest BCUT2D eigenvalue weighted by atomic mass is 10.2. The van der Waals surface area contributed by atoms with Crippen LogP contribution in [0.4, 0.5) is 4.39 Å². The molecule has 8 nitrogen and oxygen atoms in total. The third-order valence-electron chi connectivity index (χ3n) is 4.55. The van der Waals surface area contributed by atoms with E-state index in [9.17, 15) is 22.4 Å². The second-order valence-electron chi connectivity index (χ2n) is 6.81. The van der Waals surface area contributed by atoms with E-state index in [4.69, 9.17) is 16.3 Å². The van der Waals surface area contributed by atoms with Crippen LogP contribution in [0.1, 0.15) is 18.1 Å². The molecule has 2 aromatic rings. The number of hydrogen-bond donors (Lipinski definition) is 1. The van der Waals surface area contributed by atoms with Gasteiger partial charge in [0.1, 0.15) is 17.7 Å². The van der Waals surface area contributed by atoms with E-state index in [0.29, 0.717) is 5.56 Å². The van der Waals surface area contributed by atoms with E-state index in [-0.39, 0.29) is 27.9 Å². The lowest BCUT2D eigenvalue weighted by molar-refractivity contribution is -0.152. The van der Waals surface area contributed by atoms with Gasteiger partial charge in [0, 0.05) is 29.7 Å². The van der Waals surface area contributed by atoms with Crippen molar-refractivity contribution in [1.29, 1.82) is 0 Å². The monoisotopic (exact) mass is 467 g/mol. The average molecular weight is 468 g/mol. The maximum Gasteiger partial charge on any atom is 0.331 e. The summed E-state index contributed by atoms with van der Waals surface area (Å²) in [6, 6.07) is 9.35. The molecule has 0 radical (unpaired) electrons. The number of sulfonamides is 1. The molecule has 0 saturated heterocycles. The number of nitrogens with one attached hydrogen (secondary N) is 1. The van der Waals surface area contributed by atoms with Gasteiger partial charge in [-0.25, -0.2) is 17.6 Å². The molecule has 2 aromatic carbocycles. The third kappa shape index (κ3) is 5.02. The van der Waals surface area contributed by atoms with Crippen molar-refractivity contribution in [3.63, 3.8) is 0 Å². The van der Waals surface area contributed by atoms with Crippen molar-refractivity contribution in [2.75, 3.05) is 13.7 Å². The predicted molar refractivity (Wildman–Crippen MR) is 112 cm³/mol. The highest BCUT2D eigenvalue weighted by molar-refractivity contribution is 7.90. The first-order valence-corrected chi connectivity index (χ1v) is 11.0. The molecule has 1 amide bonds. The number of halogens is 2. The Bertz CT molecular complexity index is 1150. The highest BCUT2D eigenvalue weighted by atomic mass is 35.5. The van der Waals surface area contributed by atoms with Crippen LogP contribution in [0.15, 0.2) is 52.4 Å². The molecule has 1 aliphatic heterocycles. The summed E-state index contributed by atoms with van der Waals surface area (Å²) in [4.78, 5) is 29.8. The minimum atomic E-state index is -3.73. The summed E-state index contributed by atoms with van der Waals surface area (Å²) >= 11 is 5.96. The normalized spacial score (nSPS) is 16.3. The summed E-state index contributed by atoms with van der Waals surface area (Å²) in [5.74, 6) is -1.91. The standard InChI is InChI=1S/C20H19ClFN3O5S/c1-12(23-19-13-6-3-4-9-17(13)31(28,29)24-19)20(27)30-11-18(26)25(2)10-14-15(21)7-5-8-16(14)22/h3-9,12H,10-11H2,1-2H3,(H,23,24)/t12-/m0/s1. The first-order chi connectivity index (χ1) is 14.6. The maximum atomic E-state index is 13.9. The lowest BCUT2D eigenvalue weighted by Crippen LogP contribution is -2.33. The van der Waals surface area contributed by atoms with E-state index in [1.807, 2.05) is 0 Å². The molecular formula is C20H19ClFN3O5S. The van der Waals surface area contributed by atoms with Gasteiger partial charge in [0.25, 0.3) is 15.9 Å². The molecule has 1 atom stereocenters. The number of rotatable bonds is 6. The molecule has 0 saturated carbocycles. The number of ether oxygens (including phenoxy) is 1. The second-order valence-corrected chi connectivity index (χ2v) is 8.87. The van der Waals surface area contributed by atoms with Crippen LogP contribution in [0.25, 0.3) is 0 Å². The fraction of sp³-hybridized carbons (Fsp3) is 0.250. The molecule has 31 heavy (non-hydrogen) atoms. The van der Waals surface area contributed by atoms with Crippen molar-refractivity contribution in [2.24, 2.45) is 4.99 Å². The van der Waals surface area contributed by atoms with Gasteiger partial charge in [-0.2, -0.15) is 0 Å². The lowest BCUT2D eigenvalue weighted by Gasteiger charge is -2.18. The zero-order valence-corrected chi connectivity index (χ0v) is 18.2. The molecule has 1 aliphatic rings. The van der Waals surface area contributed by atoms with E-state index >= 15 is 0 Å². The Labute approximate surface area is 183 Å². The second kappa shape index (κ2) is 9.03. The molecule has 0 spiro atoms. The average Bonchev–Trinajstić information content (AvgIpc) is 2.98. The minimum Gasteiger partial charge on any atom is -0.454 e. The topological polar surface area (TPSA) is 105 Å². The summed E-state index contributed by atoms with van der Waals surface area (Å²) < 4.78 is 45.4. The fourth-order valence-corrected chi connectivity index (χ4v) is 4.31. The first kappa shape index (κ1) is 22.7. The molecule has 11 heteroatoms. The van der Waals surface area contributed by atoms with Crippen LogP contribution in [-0.2, 0) is 30.9 Å². The highest BCUT2D eigenvalue weighted by Crippen LogP contribution is 2.23. The summed E-state index contributed by atoms with van der Waals surface area (Å²) in [6.45, 7) is 0.731. The summed E-state index contributed by atoms with van der Waals surface area (Å²) in [6.07, 6.45) is 0. The Morgan fingerprint density at radius 3 is 2.65 bits per heavy atom. The van der Waals surface area contributed by atoms with E-state index < -0.39 is 40.4 Å². The molecule has 0 fully saturated rings. The number of likely N-dealkylation sites (N-methyl/N-ethyl adjacent to an activating group) is 1. The molecule has 3 rings (SSSR count). The van der Waals surface area contributed by atoms with Crippen LogP contribution in [-0.4, -0.2) is 50.7 Å². The van der Waals surface area contributed by atoms with Crippen molar-refractivity contribution in [1.82, 2.24) is 9.62 Å². The van der Waals surface area contributed by atoms with Gasteiger partial charge >= 0.3 is 5.97 Å². The van der Waals surface area contributed by atoms with E-state index in [1.165, 1.54) is 43.1 Å². The van der Waals surface area contributed by atoms with Gasteiger partial charge in [0.15, 0.2) is 6.61 Å². The summed E-state index contributed by atoms with van der Waals surface area (Å²) in [5, 5.41) is 0.181. The maximum absolute atomic E-state index is 13.9. The largest absolute Gasteiger partial charge is 0.454 e. The zero-order chi connectivity index (χ0) is 22.8. The number of nitrogens with zero attached hydrogens (tertiary/aromatic N) is 2. The number of aliphatic imine (C=N–C) groups is 1. The van der Waals surface area contributed by atoms with Crippen LogP contribution in [0.5, 0.6) is 0 Å². The van der Waals surface area contributed by atoms with Crippen LogP contribution in [0.2, 0.25) is 5.02 Å². The molecular weight excluding hydrogens is 449 g/mol. The molecule has 0 aromatic heterocycles. The molecule has 1 N–H and O–H groups in total. The molecule has 1 heterocycles. The van der Waals surface area contributed by atoms with Crippen LogP contribution >= 0.6 is 11.6 Å². The Hall–Kier alpha value is -2.98. The van der Waals surface area contributed by atoms with Gasteiger partial charge in [-0.3, -0.25) is 14.5 Å². The van der Waals surface area contributed by atoms with Gasteiger partial charge in [-0.1, -0.05) is 29.8 Å². The first-order valence-electron chi connectivity index (χ1n) is 9.13. The van der Waals surface area contributed by atoms with Gasteiger partial charge < -0.3 is 9.64 Å². The van der Waals surface area contributed by atoms with E-state index in [0.717, 1.165) is 0 Å². The van der Waals surface area contributed by atoms with Crippen LogP contribution in [0, 0.1) is 5.82 Å². The third-order valence-corrected chi connectivity index (χ3v) is 6.30. The SMILES string of the molecule is C[C@H](N=C1NS(=O)(=O)c2ccccc21)C(=O)OCC(=O)N(C)Cc1c(F)cccc1Cl. The molecule has 0 bridgehead atoms. The highest BCUT2D eigenvalue weighted by Gasteiger charge is 2.31. The summed E-state index contributed by atoms with van der Waals surface area (Å²) in [7, 11) is -2.31. The number of esters is 1. The van der Waals surface area contributed by atoms with E-state index in [1.54, 1.807) is 18.2 Å². The molecule has 0 unspecified atom stereocenters. The molecule has 0 aliphatic carbocycles. The van der Waals surface area contributed by atoms with Crippen molar-refractivity contribution in [2.45, 2.75) is 24.4 Å². The predicted octanol–water partition coefficient (Wildman–Crippen LogP) is 2.11. The number of amidine groups is 1. The quantitative estimate of drug-likeness (QED) is 0.655.